The number of hydrogen-bond donors (Lipinski definition) is 0. The van der Waals surface area contributed by atoms with Gasteiger partial charge >= 0.3 is 0 Å². The molecule has 1 aliphatic rings. The van der Waals surface area contributed by atoms with E-state index >= 15 is 0 Å². The average molecular weight is 493 g/mol. The molecule has 0 N–H and O–H groups in total. The molecule has 2 aromatic rings. The van der Waals surface area contributed by atoms with Crippen LogP contribution in [0.3, 0.4) is 0 Å². The van der Waals surface area contributed by atoms with Gasteiger partial charge in [0.15, 0.2) is 12.2 Å². The topological polar surface area (TPSA) is 59.1 Å². The fourth-order valence-corrected chi connectivity index (χ4v) is 4.30. The number of aryl methyl sites for hydroxylation is 2. The van der Waals surface area contributed by atoms with E-state index in [1.165, 1.54) is 0 Å². The van der Waals surface area contributed by atoms with Crippen LogP contribution >= 0.6 is 23.2 Å². The smallest absolute Gasteiger partial charge is 0.263 e. The van der Waals surface area contributed by atoms with Crippen molar-refractivity contribution in [3.8, 4) is 11.5 Å². The number of rotatable bonds is 6. The number of carbonyl (C=O) groups excluding carboxylic acids is 2. The van der Waals surface area contributed by atoms with Crippen molar-refractivity contribution in [2.24, 2.45) is 0 Å². The Kier molecular flexibility index (Phi) is 8.49. The Bertz CT molecular complexity index is 934. The van der Waals surface area contributed by atoms with E-state index in [0.29, 0.717) is 54.1 Å². The highest BCUT2D eigenvalue weighted by atomic mass is 35.5. The summed E-state index contributed by atoms with van der Waals surface area (Å²) in [5, 5.41) is 1.25. The standard InChI is InChI=1S/C25H30Cl2N2O4/c1-16-14-20(26)6-8-22(16)32-18(3)24(30)28-10-5-11-29(13-12-28)25(31)19(4)33-23-9-7-21(27)15-17(23)2/h6-9,14-15,18-19H,5,10-13H2,1-4H3/t18-,19+. The summed E-state index contributed by atoms with van der Waals surface area (Å²) in [6.45, 7) is 9.31. The molecule has 178 valence electrons. The minimum absolute atomic E-state index is 0.0975. The minimum atomic E-state index is -0.637. The van der Waals surface area contributed by atoms with Gasteiger partial charge < -0.3 is 19.3 Å². The normalized spacial score (nSPS) is 16.1. The quantitative estimate of drug-likeness (QED) is 0.574. The average Bonchev–Trinajstić information content (AvgIpc) is 3.02. The summed E-state index contributed by atoms with van der Waals surface area (Å²) in [4.78, 5) is 29.5. The molecule has 1 aliphatic heterocycles. The highest BCUT2D eigenvalue weighted by Gasteiger charge is 2.29. The van der Waals surface area contributed by atoms with Gasteiger partial charge in [-0.15, -0.1) is 0 Å². The van der Waals surface area contributed by atoms with Crippen molar-refractivity contribution in [1.29, 1.82) is 0 Å². The van der Waals surface area contributed by atoms with Crippen LogP contribution in [0.1, 0.15) is 31.4 Å². The lowest BCUT2D eigenvalue weighted by molar-refractivity contribution is -0.140. The Labute approximate surface area is 205 Å². The number of nitrogens with zero attached hydrogens (tertiary/aromatic N) is 2. The van der Waals surface area contributed by atoms with Crippen LogP contribution in [-0.4, -0.2) is 60.0 Å². The Balaban J connectivity index is 1.56. The van der Waals surface area contributed by atoms with Gasteiger partial charge in [0.2, 0.25) is 0 Å². The molecular formula is C25H30Cl2N2O4. The van der Waals surface area contributed by atoms with Crippen molar-refractivity contribution in [2.45, 2.75) is 46.3 Å². The summed E-state index contributed by atoms with van der Waals surface area (Å²) >= 11 is 12.0. The molecule has 2 amide bonds. The molecule has 6 nitrogen and oxygen atoms in total. The third kappa shape index (κ3) is 6.55. The first-order valence-electron chi connectivity index (χ1n) is 11.1. The van der Waals surface area contributed by atoms with E-state index in [0.717, 1.165) is 11.1 Å². The van der Waals surface area contributed by atoms with Crippen molar-refractivity contribution in [1.82, 2.24) is 9.80 Å². The third-order valence-corrected chi connectivity index (χ3v) is 6.17. The Hall–Kier alpha value is -2.44. The van der Waals surface area contributed by atoms with Crippen LogP contribution in [0.4, 0.5) is 0 Å². The summed E-state index contributed by atoms with van der Waals surface area (Å²) in [5.41, 5.74) is 1.75. The van der Waals surface area contributed by atoms with Crippen molar-refractivity contribution < 1.29 is 19.1 Å². The molecule has 2 atom stereocenters. The van der Waals surface area contributed by atoms with Crippen LogP contribution in [0.15, 0.2) is 36.4 Å². The zero-order chi connectivity index (χ0) is 24.1. The fourth-order valence-electron chi connectivity index (χ4n) is 3.84. The number of hydrogen-bond acceptors (Lipinski definition) is 4. The Morgan fingerprint density at radius 2 is 1.15 bits per heavy atom. The lowest BCUT2D eigenvalue weighted by Crippen LogP contribution is -2.45. The second-order valence-electron chi connectivity index (χ2n) is 8.34. The van der Waals surface area contributed by atoms with Crippen LogP contribution in [0.25, 0.3) is 0 Å². The van der Waals surface area contributed by atoms with Crippen molar-refractivity contribution >= 4 is 35.0 Å². The van der Waals surface area contributed by atoms with E-state index in [4.69, 9.17) is 32.7 Å². The van der Waals surface area contributed by atoms with Crippen molar-refractivity contribution in [3.63, 3.8) is 0 Å². The number of carbonyl (C=O) groups is 2. The molecule has 0 spiro atoms. The second kappa shape index (κ2) is 11.1. The van der Waals surface area contributed by atoms with Gasteiger partial charge in [-0.2, -0.15) is 0 Å². The summed E-state index contributed by atoms with van der Waals surface area (Å²) < 4.78 is 11.8. The molecule has 0 aliphatic carbocycles. The predicted octanol–water partition coefficient (Wildman–Crippen LogP) is 4.91. The molecular weight excluding hydrogens is 463 g/mol. The monoisotopic (exact) mass is 492 g/mol. The molecule has 1 saturated heterocycles. The molecule has 2 aromatic carbocycles. The number of benzene rings is 2. The Morgan fingerprint density at radius 3 is 1.52 bits per heavy atom. The van der Waals surface area contributed by atoms with E-state index in [9.17, 15) is 9.59 Å². The van der Waals surface area contributed by atoms with Gasteiger partial charge in [0.1, 0.15) is 11.5 Å². The first-order chi connectivity index (χ1) is 15.7. The molecule has 0 saturated carbocycles. The first-order valence-corrected chi connectivity index (χ1v) is 11.8. The lowest BCUT2D eigenvalue weighted by Gasteiger charge is -2.26. The van der Waals surface area contributed by atoms with Gasteiger partial charge in [0.05, 0.1) is 0 Å². The van der Waals surface area contributed by atoms with Crippen molar-refractivity contribution in [3.05, 3.63) is 57.6 Å². The van der Waals surface area contributed by atoms with Crippen LogP contribution < -0.4 is 9.47 Å². The number of halogens is 2. The van der Waals surface area contributed by atoms with E-state index in [2.05, 4.69) is 0 Å². The summed E-state index contributed by atoms with van der Waals surface area (Å²) in [5.74, 6) is 1.07. The summed E-state index contributed by atoms with van der Waals surface area (Å²) in [7, 11) is 0. The van der Waals surface area contributed by atoms with E-state index in [-0.39, 0.29) is 11.8 Å². The van der Waals surface area contributed by atoms with Crippen LogP contribution in [0.5, 0.6) is 11.5 Å². The maximum atomic E-state index is 13.0. The molecule has 0 aromatic heterocycles. The first kappa shape index (κ1) is 25.2. The molecule has 33 heavy (non-hydrogen) atoms. The van der Waals surface area contributed by atoms with E-state index in [1.54, 1.807) is 60.0 Å². The molecule has 1 fully saturated rings. The maximum Gasteiger partial charge on any atom is 0.263 e. The molecule has 8 heteroatoms. The molecule has 0 unspecified atom stereocenters. The van der Waals surface area contributed by atoms with Gasteiger partial charge in [-0.3, -0.25) is 9.59 Å². The van der Waals surface area contributed by atoms with Crippen molar-refractivity contribution in [2.75, 3.05) is 26.2 Å². The van der Waals surface area contributed by atoms with Gasteiger partial charge in [-0.25, -0.2) is 0 Å². The summed E-state index contributed by atoms with van der Waals surface area (Å²) in [6, 6.07) is 10.6. The van der Waals surface area contributed by atoms with Crippen LogP contribution in [0.2, 0.25) is 10.0 Å². The van der Waals surface area contributed by atoms with Crippen LogP contribution in [-0.2, 0) is 9.59 Å². The summed E-state index contributed by atoms with van der Waals surface area (Å²) in [6.07, 6.45) is -0.582. The highest BCUT2D eigenvalue weighted by Crippen LogP contribution is 2.24. The van der Waals surface area contributed by atoms with E-state index in [1.807, 2.05) is 13.8 Å². The zero-order valence-corrected chi connectivity index (χ0v) is 20.9. The minimum Gasteiger partial charge on any atom is -0.481 e. The number of ether oxygens (including phenoxy) is 2. The van der Waals surface area contributed by atoms with Gasteiger partial charge in [-0.05, 0) is 81.6 Å². The second-order valence-corrected chi connectivity index (χ2v) is 9.22. The van der Waals surface area contributed by atoms with Gasteiger partial charge in [-0.1, -0.05) is 23.2 Å². The fraction of sp³-hybridized carbons (Fsp3) is 0.440. The lowest BCUT2D eigenvalue weighted by atomic mass is 10.2. The molecule has 0 bridgehead atoms. The number of amides is 2. The molecule has 3 rings (SSSR count). The maximum absolute atomic E-state index is 13.0. The van der Waals surface area contributed by atoms with Gasteiger partial charge in [0.25, 0.3) is 11.8 Å². The zero-order valence-electron chi connectivity index (χ0n) is 19.4. The SMILES string of the molecule is Cc1cc(Cl)ccc1O[C@@H](C)C(=O)N1CCCN(C(=O)[C@@H](C)Oc2ccc(Cl)cc2C)CC1. The molecule has 1 heterocycles. The Morgan fingerprint density at radius 1 is 0.758 bits per heavy atom. The van der Waals surface area contributed by atoms with Gasteiger partial charge in [0, 0.05) is 36.2 Å². The highest BCUT2D eigenvalue weighted by molar-refractivity contribution is 6.31. The predicted molar refractivity (Wildman–Crippen MR) is 130 cm³/mol. The molecule has 0 radical (unpaired) electrons. The van der Waals surface area contributed by atoms with Crippen LogP contribution in [0, 0.1) is 13.8 Å². The largest absolute Gasteiger partial charge is 0.481 e. The third-order valence-electron chi connectivity index (χ3n) is 5.70. The van der Waals surface area contributed by atoms with E-state index < -0.39 is 12.2 Å².